The molecule has 116 valence electrons. The molecule has 21 heavy (non-hydrogen) atoms. The summed E-state index contributed by atoms with van der Waals surface area (Å²) in [5.74, 6) is 0. The number of sulfonamides is 1. The average molecular weight is 313 g/mol. The Morgan fingerprint density at radius 3 is 2.62 bits per heavy atom. The molecule has 3 N–H and O–H groups in total. The molecule has 0 aliphatic heterocycles. The van der Waals surface area contributed by atoms with Crippen LogP contribution in [0.2, 0.25) is 0 Å². The highest BCUT2D eigenvalue weighted by Crippen LogP contribution is 2.26. The molecule has 2 atom stereocenters. The number of nitrogens with zero attached hydrogens (tertiary/aromatic N) is 1. The second-order valence-corrected chi connectivity index (χ2v) is 7.02. The molecule has 2 unspecified atom stereocenters. The van der Waals surface area contributed by atoms with Gasteiger partial charge in [0.15, 0.2) is 0 Å². The minimum atomic E-state index is -3.81. The maximum Gasteiger partial charge on any atom is 0.273 e. The summed E-state index contributed by atoms with van der Waals surface area (Å²) < 4.78 is 27.5. The molecule has 0 spiro atoms. The Kier molecular flexibility index (Phi) is 4.60. The summed E-state index contributed by atoms with van der Waals surface area (Å²) in [6.07, 6.45) is 3.39. The fraction of sp³-hybridized carbons (Fsp3) is 0.538. The van der Waals surface area contributed by atoms with Crippen molar-refractivity contribution in [1.29, 1.82) is 0 Å². The smallest absolute Gasteiger partial charge is 0.273 e. The number of rotatable bonds is 4. The Morgan fingerprint density at radius 2 is 2.00 bits per heavy atom. The average Bonchev–Trinajstić information content (AvgIpc) is 2.41. The van der Waals surface area contributed by atoms with Gasteiger partial charge < -0.3 is 5.73 Å². The van der Waals surface area contributed by atoms with Crippen LogP contribution in [0.1, 0.15) is 31.2 Å². The summed E-state index contributed by atoms with van der Waals surface area (Å²) >= 11 is 0. The van der Waals surface area contributed by atoms with E-state index in [4.69, 9.17) is 5.73 Å². The van der Waals surface area contributed by atoms with Crippen LogP contribution < -0.4 is 10.5 Å². The van der Waals surface area contributed by atoms with Gasteiger partial charge in [0.05, 0.1) is 9.82 Å². The van der Waals surface area contributed by atoms with E-state index in [9.17, 15) is 18.5 Å². The van der Waals surface area contributed by atoms with Crippen LogP contribution in [0.4, 0.5) is 5.69 Å². The number of benzene rings is 1. The zero-order valence-electron chi connectivity index (χ0n) is 11.8. The van der Waals surface area contributed by atoms with Crippen LogP contribution in [0.15, 0.2) is 23.1 Å². The van der Waals surface area contributed by atoms with Gasteiger partial charge in [-0.2, -0.15) is 0 Å². The third-order valence-corrected chi connectivity index (χ3v) is 5.50. The molecular formula is C13H19N3O4S. The van der Waals surface area contributed by atoms with Gasteiger partial charge >= 0.3 is 0 Å². The SMILES string of the molecule is Cc1c([N+](=O)[O-])cccc1S(=O)(=O)NC1CCCCC1N. The predicted octanol–water partition coefficient (Wildman–Crippen LogP) is 1.45. The van der Waals surface area contributed by atoms with Crippen molar-refractivity contribution < 1.29 is 13.3 Å². The van der Waals surface area contributed by atoms with E-state index >= 15 is 0 Å². The van der Waals surface area contributed by atoms with Crippen LogP contribution in [0, 0.1) is 17.0 Å². The number of hydrogen-bond donors (Lipinski definition) is 2. The van der Waals surface area contributed by atoms with Crippen molar-refractivity contribution in [2.75, 3.05) is 0 Å². The Labute approximate surface area is 123 Å². The van der Waals surface area contributed by atoms with Gasteiger partial charge in [-0.15, -0.1) is 0 Å². The van der Waals surface area contributed by atoms with Crippen molar-refractivity contribution in [3.63, 3.8) is 0 Å². The molecule has 2 rings (SSSR count). The van der Waals surface area contributed by atoms with Gasteiger partial charge in [0.1, 0.15) is 0 Å². The zero-order chi connectivity index (χ0) is 15.6. The Hall–Kier alpha value is -1.51. The first-order valence-electron chi connectivity index (χ1n) is 6.85. The van der Waals surface area contributed by atoms with Crippen LogP contribution in [0.25, 0.3) is 0 Å². The minimum absolute atomic E-state index is 0.0607. The van der Waals surface area contributed by atoms with Crippen molar-refractivity contribution in [3.05, 3.63) is 33.9 Å². The summed E-state index contributed by atoms with van der Waals surface area (Å²) in [6.45, 7) is 1.44. The van der Waals surface area contributed by atoms with E-state index < -0.39 is 14.9 Å². The van der Waals surface area contributed by atoms with Gasteiger partial charge in [0.2, 0.25) is 10.0 Å². The maximum atomic E-state index is 12.5. The first kappa shape index (κ1) is 15.9. The molecule has 0 heterocycles. The number of nitro groups is 1. The van der Waals surface area contributed by atoms with Crippen LogP contribution in [0.5, 0.6) is 0 Å². The largest absolute Gasteiger partial charge is 0.326 e. The lowest BCUT2D eigenvalue weighted by Gasteiger charge is -2.29. The fourth-order valence-electron chi connectivity index (χ4n) is 2.66. The Balaban J connectivity index is 2.31. The van der Waals surface area contributed by atoms with Gasteiger partial charge in [0, 0.05) is 23.7 Å². The molecule has 1 aliphatic rings. The minimum Gasteiger partial charge on any atom is -0.326 e. The Bertz CT molecular complexity index is 645. The van der Waals surface area contributed by atoms with Crippen molar-refractivity contribution in [3.8, 4) is 0 Å². The molecule has 0 amide bonds. The van der Waals surface area contributed by atoms with E-state index in [1.807, 2.05) is 0 Å². The third kappa shape index (κ3) is 3.39. The number of hydrogen-bond acceptors (Lipinski definition) is 5. The molecule has 1 saturated carbocycles. The van der Waals surface area contributed by atoms with E-state index in [1.165, 1.54) is 25.1 Å². The lowest BCUT2D eigenvalue weighted by molar-refractivity contribution is -0.385. The molecule has 0 saturated heterocycles. The Morgan fingerprint density at radius 1 is 1.33 bits per heavy atom. The molecule has 0 aromatic heterocycles. The third-order valence-electron chi connectivity index (χ3n) is 3.87. The second kappa shape index (κ2) is 6.08. The van der Waals surface area contributed by atoms with Gasteiger partial charge in [-0.1, -0.05) is 18.9 Å². The van der Waals surface area contributed by atoms with Crippen LogP contribution in [-0.4, -0.2) is 25.4 Å². The summed E-state index contributed by atoms with van der Waals surface area (Å²) in [5.41, 5.74) is 5.88. The molecule has 0 radical (unpaired) electrons. The van der Waals surface area contributed by atoms with Gasteiger partial charge in [0.25, 0.3) is 5.69 Å². The van der Waals surface area contributed by atoms with Crippen molar-refractivity contribution in [2.24, 2.45) is 5.73 Å². The fourth-order valence-corrected chi connectivity index (χ4v) is 4.24. The van der Waals surface area contributed by atoms with Crippen LogP contribution in [-0.2, 0) is 10.0 Å². The number of nitrogens with two attached hydrogens (primary N) is 1. The van der Waals surface area contributed by atoms with Crippen LogP contribution in [0.3, 0.4) is 0 Å². The zero-order valence-corrected chi connectivity index (χ0v) is 12.6. The molecule has 1 fully saturated rings. The van der Waals surface area contributed by atoms with E-state index in [2.05, 4.69) is 4.72 Å². The molecule has 8 heteroatoms. The predicted molar refractivity (Wildman–Crippen MR) is 78.4 cm³/mol. The highest BCUT2D eigenvalue weighted by molar-refractivity contribution is 7.89. The number of nitrogens with one attached hydrogen (secondary N) is 1. The molecular weight excluding hydrogens is 294 g/mol. The second-order valence-electron chi connectivity index (χ2n) is 5.33. The summed E-state index contributed by atoms with van der Waals surface area (Å²) in [7, 11) is -3.81. The standard InChI is InChI=1S/C13H19N3O4S/c1-9-12(16(17)18)7-4-8-13(9)21(19,20)15-11-6-3-2-5-10(11)14/h4,7-8,10-11,15H,2-3,5-6,14H2,1H3. The van der Waals surface area contributed by atoms with Crippen LogP contribution >= 0.6 is 0 Å². The molecule has 1 aliphatic carbocycles. The highest BCUT2D eigenvalue weighted by Gasteiger charge is 2.29. The lowest BCUT2D eigenvalue weighted by atomic mass is 9.92. The summed E-state index contributed by atoms with van der Waals surface area (Å²) in [6, 6.07) is 3.51. The molecule has 1 aromatic carbocycles. The first-order valence-corrected chi connectivity index (χ1v) is 8.33. The van der Waals surface area contributed by atoms with E-state index in [-0.39, 0.29) is 28.2 Å². The van der Waals surface area contributed by atoms with Gasteiger partial charge in [-0.3, -0.25) is 10.1 Å². The number of nitro benzene ring substituents is 1. The summed E-state index contributed by atoms with van der Waals surface area (Å²) in [5, 5.41) is 10.9. The molecule has 1 aromatic rings. The quantitative estimate of drug-likeness (QED) is 0.645. The van der Waals surface area contributed by atoms with Gasteiger partial charge in [-0.25, -0.2) is 13.1 Å². The van der Waals surface area contributed by atoms with E-state index in [0.717, 1.165) is 19.3 Å². The topological polar surface area (TPSA) is 115 Å². The lowest BCUT2D eigenvalue weighted by Crippen LogP contribution is -2.49. The maximum absolute atomic E-state index is 12.5. The van der Waals surface area contributed by atoms with E-state index in [1.54, 1.807) is 0 Å². The normalized spacial score (nSPS) is 23.0. The monoisotopic (exact) mass is 313 g/mol. The van der Waals surface area contributed by atoms with Crippen molar-refractivity contribution in [2.45, 2.75) is 49.6 Å². The van der Waals surface area contributed by atoms with E-state index in [0.29, 0.717) is 6.42 Å². The van der Waals surface area contributed by atoms with Gasteiger partial charge in [-0.05, 0) is 25.8 Å². The first-order chi connectivity index (χ1) is 9.83. The summed E-state index contributed by atoms with van der Waals surface area (Å²) in [4.78, 5) is 10.3. The van der Waals surface area contributed by atoms with Crippen molar-refractivity contribution >= 4 is 15.7 Å². The van der Waals surface area contributed by atoms with Crippen molar-refractivity contribution in [1.82, 2.24) is 4.72 Å². The molecule has 7 nitrogen and oxygen atoms in total. The highest BCUT2D eigenvalue weighted by atomic mass is 32.2. The molecule has 0 bridgehead atoms.